The van der Waals surface area contributed by atoms with Crippen LogP contribution in [0.25, 0.3) is 0 Å². The van der Waals surface area contributed by atoms with Gasteiger partial charge in [0.25, 0.3) is 0 Å². The average molecular weight is 204 g/mol. The first-order chi connectivity index (χ1) is 6.06. The number of hydrogen-bond donors (Lipinski definition) is 0. The number of nitrogens with zero attached hydrogens (tertiary/aromatic N) is 3. The molecule has 0 aliphatic carbocycles. The van der Waals surface area contributed by atoms with Crippen molar-refractivity contribution < 1.29 is 0 Å². The summed E-state index contributed by atoms with van der Waals surface area (Å²) in [4.78, 5) is 4.24. The molecular formula is C9H18ClN3. The lowest BCUT2D eigenvalue weighted by atomic mass is 10.3. The zero-order valence-corrected chi connectivity index (χ0v) is 9.38. The molecule has 4 heteroatoms. The average Bonchev–Trinajstić information content (AvgIpc) is 2.03. The van der Waals surface area contributed by atoms with Crippen LogP contribution in [0.3, 0.4) is 0 Å². The van der Waals surface area contributed by atoms with Crippen molar-refractivity contribution in [3.8, 4) is 6.07 Å². The fourth-order valence-corrected chi connectivity index (χ4v) is 1.30. The number of rotatable bonds is 6. The fraction of sp³-hybridized carbons (Fsp3) is 0.889. The Morgan fingerprint density at radius 1 is 1.31 bits per heavy atom. The Balaban J connectivity index is 3.41. The van der Waals surface area contributed by atoms with Crippen molar-refractivity contribution in [1.82, 2.24) is 9.80 Å². The molecule has 0 amide bonds. The maximum Gasteiger partial charge on any atom is 0.133 e. The van der Waals surface area contributed by atoms with E-state index >= 15 is 0 Å². The van der Waals surface area contributed by atoms with E-state index in [0.717, 1.165) is 19.5 Å². The lowest BCUT2D eigenvalue weighted by Crippen LogP contribution is -2.28. The molecule has 0 radical (unpaired) electrons. The molecule has 3 nitrogen and oxygen atoms in total. The molecule has 76 valence electrons. The van der Waals surface area contributed by atoms with E-state index in [9.17, 15) is 0 Å². The van der Waals surface area contributed by atoms with E-state index in [2.05, 4.69) is 23.9 Å². The van der Waals surface area contributed by atoms with Gasteiger partial charge in [0.1, 0.15) is 5.38 Å². The Kier molecular flexibility index (Phi) is 6.97. The summed E-state index contributed by atoms with van der Waals surface area (Å²) in [5.74, 6) is 0. The van der Waals surface area contributed by atoms with Gasteiger partial charge in [-0.1, -0.05) is 0 Å². The topological polar surface area (TPSA) is 30.3 Å². The van der Waals surface area contributed by atoms with E-state index in [-0.39, 0.29) is 5.38 Å². The number of alkyl halides is 1. The maximum atomic E-state index is 8.48. The first-order valence-electron chi connectivity index (χ1n) is 4.43. The third-order valence-electron chi connectivity index (χ3n) is 1.76. The second kappa shape index (κ2) is 7.14. The van der Waals surface area contributed by atoms with Gasteiger partial charge in [0, 0.05) is 6.54 Å². The van der Waals surface area contributed by atoms with Gasteiger partial charge in [-0.3, -0.25) is 0 Å². The van der Waals surface area contributed by atoms with Crippen LogP contribution in [-0.2, 0) is 0 Å². The monoisotopic (exact) mass is 203 g/mol. The van der Waals surface area contributed by atoms with Gasteiger partial charge >= 0.3 is 0 Å². The molecule has 0 saturated carbocycles. The van der Waals surface area contributed by atoms with Crippen LogP contribution in [0.4, 0.5) is 0 Å². The zero-order chi connectivity index (χ0) is 10.3. The molecule has 0 fully saturated rings. The predicted octanol–water partition coefficient (Wildman–Crippen LogP) is 1.00. The summed E-state index contributed by atoms with van der Waals surface area (Å²) in [5, 5.41) is 8.10. The Labute approximate surface area is 85.9 Å². The molecule has 0 bridgehead atoms. The van der Waals surface area contributed by atoms with Gasteiger partial charge in [-0.25, -0.2) is 0 Å². The minimum Gasteiger partial charge on any atom is -0.309 e. The van der Waals surface area contributed by atoms with Crippen LogP contribution >= 0.6 is 11.6 Å². The van der Waals surface area contributed by atoms with Crippen LogP contribution in [0.1, 0.15) is 6.42 Å². The van der Waals surface area contributed by atoms with Gasteiger partial charge in [0.05, 0.1) is 6.07 Å². The molecule has 0 aliphatic rings. The van der Waals surface area contributed by atoms with Crippen LogP contribution in [0, 0.1) is 11.3 Å². The summed E-state index contributed by atoms with van der Waals surface area (Å²) in [7, 11) is 6.10. The summed E-state index contributed by atoms with van der Waals surface area (Å²) in [6.45, 7) is 2.71. The molecule has 0 N–H and O–H groups in total. The van der Waals surface area contributed by atoms with E-state index in [0.29, 0.717) is 6.54 Å². The third kappa shape index (κ3) is 8.04. The van der Waals surface area contributed by atoms with E-state index in [1.807, 2.05) is 13.1 Å². The SMILES string of the molecule is CN(C)CCCN(C)CC(Cl)C#N. The summed E-state index contributed by atoms with van der Waals surface area (Å²) in [5.41, 5.74) is 0. The molecule has 0 aliphatic heterocycles. The Morgan fingerprint density at radius 2 is 1.92 bits per heavy atom. The second-order valence-corrected chi connectivity index (χ2v) is 4.04. The molecule has 13 heavy (non-hydrogen) atoms. The van der Waals surface area contributed by atoms with Crippen LogP contribution in [0.5, 0.6) is 0 Å². The summed E-state index contributed by atoms with van der Waals surface area (Å²) in [6.07, 6.45) is 1.11. The van der Waals surface area contributed by atoms with Gasteiger partial charge in [-0.15, -0.1) is 11.6 Å². The van der Waals surface area contributed by atoms with Crippen LogP contribution in [0.15, 0.2) is 0 Å². The van der Waals surface area contributed by atoms with Crippen LogP contribution < -0.4 is 0 Å². The molecule has 0 spiro atoms. The lowest BCUT2D eigenvalue weighted by Gasteiger charge is -2.18. The summed E-state index contributed by atoms with van der Waals surface area (Å²) >= 11 is 5.69. The number of nitriles is 1. The normalized spacial score (nSPS) is 13.3. The molecule has 0 saturated heterocycles. The fourth-order valence-electron chi connectivity index (χ4n) is 1.06. The highest BCUT2D eigenvalue weighted by Gasteiger charge is 2.06. The van der Waals surface area contributed by atoms with Crippen LogP contribution in [-0.4, -0.2) is 56.0 Å². The molecule has 0 rings (SSSR count). The molecule has 0 aromatic heterocycles. The Hall–Kier alpha value is -0.300. The van der Waals surface area contributed by atoms with Gasteiger partial charge in [0.15, 0.2) is 0 Å². The van der Waals surface area contributed by atoms with Gasteiger partial charge < -0.3 is 9.80 Å². The van der Waals surface area contributed by atoms with Gasteiger partial charge in [0.2, 0.25) is 0 Å². The van der Waals surface area contributed by atoms with Crippen molar-refractivity contribution in [2.75, 3.05) is 40.8 Å². The van der Waals surface area contributed by atoms with E-state index in [1.165, 1.54) is 0 Å². The highest BCUT2D eigenvalue weighted by Crippen LogP contribution is 1.97. The zero-order valence-electron chi connectivity index (χ0n) is 8.63. The smallest absolute Gasteiger partial charge is 0.133 e. The van der Waals surface area contributed by atoms with Gasteiger partial charge in [-0.05, 0) is 40.7 Å². The third-order valence-corrected chi connectivity index (χ3v) is 1.99. The Bertz CT molecular complexity index is 165. The quantitative estimate of drug-likeness (QED) is 0.604. The van der Waals surface area contributed by atoms with E-state index in [1.54, 1.807) is 0 Å². The van der Waals surface area contributed by atoms with Crippen molar-refractivity contribution in [1.29, 1.82) is 5.26 Å². The molecule has 0 aromatic carbocycles. The van der Waals surface area contributed by atoms with Crippen molar-refractivity contribution in [2.45, 2.75) is 11.8 Å². The van der Waals surface area contributed by atoms with E-state index < -0.39 is 0 Å². The molecular weight excluding hydrogens is 186 g/mol. The standard InChI is InChI=1S/C9H18ClN3/c1-12(2)5-4-6-13(3)8-9(10)7-11/h9H,4-6,8H2,1-3H3. The van der Waals surface area contributed by atoms with Crippen molar-refractivity contribution >= 4 is 11.6 Å². The Morgan fingerprint density at radius 3 is 2.38 bits per heavy atom. The predicted molar refractivity (Wildman–Crippen MR) is 55.9 cm³/mol. The molecule has 1 unspecified atom stereocenters. The van der Waals surface area contributed by atoms with E-state index in [4.69, 9.17) is 16.9 Å². The molecule has 1 atom stereocenters. The van der Waals surface area contributed by atoms with Crippen LogP contribution in [0.2, 0.25) is 0 Å². The minimum atomic E-state index is -0.385. The van der Waals surface area contributed by atoms with Crippen molar-refractivity contribution in [3.05, 3.63) is 0 Å². The first kappa shape index (κ1) is 12.7. The number of halogens is 1. The second-order valence-electron chi connectivity index (χ2n) is 3.52. The summed E-state index contributed by atoms with van der Waals surface area (Å²) < 4.78 is 0. The van der Waals surface area contributed by atoms with Gasteiger partial charge in [-0.2, -0.15) is 5.26 Å². The largest absolute Gasteiger partial charge is 0.309 e. The molecule has 0 heterocycles. The highest BCUT2D eigenvalue weighted by atomic mass is 35.5. The molecule has 0 aromatic rings. The lowest BCUT2D eigenvalue weighted by molar-refractivity contribution is 0.306. The minimum absolute atomic E-state index is 0.385. The summed E-state index contributed by atoms with van der Waals surface area (Å²) in [6, 6.07) is 2.01. The number of hydrogen-bond acceptors (Lipinski definition) is 3. The first-order valence-corrected chi connectivity index (χ1v) is 4.87. The van der Waals surface area contributed by atoms with Crippen molar-refractivity contribution in [3.63, 3.8) is 0 Å². The highest BCUT2D eigenvalue weighted by molar-refractivity contribution is 6.22. The maximum absolute atomic E-state index is 8.48. The van der Waals surface area contributed by atoms with Crippen molar-refractivity contribution in [2.24, 2.45) is 0 Å².